The molecule has 1 aliphatic heterocycles. The molecule has 17 heavy (non-hydrogen) atoms. The molecule has 3 nitrogen and oxygen atoms in total. The van der Waals surface area contributed by atoms with Crippen LogP contribution in [0.1, 0.15) is 18.4 Å². The molecule has 2 rings (SSSR count). The molecule has 0 spiro atoms. The maximum Gasteiger partial charge on any atom is 0.120 e. The molecule has 0 aromatic heterocycles. The SMILES string of the molecule is CN(Cc1cc(Br)ccc1O)C1CCOCC1. The molecule has 1 saturated heterocycles. The Balaban J connectivity index is 2.01. The zero-order valence-electron chi connectivity index (χ0n) is 10.0. The van der Waals surface area contributed by atoms with Gasteiger partial charge in [-0.15, -0.1) is 0 Å². The van der Waals surface area contributed by atoms with Crippen LogP contribution in [0.2, 0.25) is 0 Å². The van der Waals surface area contributed by atoms with Crippen LogP contribution >= 0.6 is 15.9 Å². The molecule has 1 aromatic carbocycles. The number of aromatic hydroxyl groups is 1. The normalized spacial score (nSPS) is 17.6. The molecule has 0 saturated carbocycles. The lowest BCUT2D eigenvalue weighted by Crippen LogP contribution is -2.36. The zero-order chi connectivity index (χ0) is 12.3. The Bertz CT molecular complexity index is 378. The van der Waals surface area contributed by atoms with Gasteiger partial charge in [0.15, 0.2) is 0 Å². The van der Waals surface area contributed by atoms with Crippen molar-refractivity contribution in [1.29, 1.82) is 0 Å². The molecule has 1 aromatic rings. The minimum Gasteiger partial charge on any atom is -0.508 e. The number of phenolic OH excluding ortho intramolecular Hbond substituents is 1. The number of halogens is 1. The third kappa shape index (κ3) is 3.44. The van der Waals surface area contributed by atoms with E-state index in [2.05, 4.69) is 27.9 Å². The minimum absolute atomic E-state index is 0.368. The van der Waals surface area contributed by atoms with Crippen LogP contribution in [0.5, 0.6) is 5.75 Å². The predicted molar refractivity (Wildman–Crippen MR) is 71.1 cm³/mol. The fraction of sp³-hybridized carbons (Fsp3) is 0.538. The molecule has 0 amide bonds. The molecule has 0 radical (unpaired) electrons. The number of hydrogen-bond donors (Lipinski definition) is 1. The molecule has 0 unspecified atom stereocenters. The molecule has 1 aliphatic rings. The summed E-state index contributed by atoms with van der Waals surface area (Å²) in [5, 5.41) is 9.81. The Morgan fingerprint density at radius 3 is 2.82 bits per heavy atom. The molecule has 1 fully saturated rings. The number of benzene rings is 1. The van der Waals surface area contributed by atoms with Gasteiger partial charge in [0.25, 0.3) is 0 Å². The summed E-state index contributed by atoms with van der Waals surface area (Å²) in [6, 6.07) is 6.12. The highest BCUT2D eigenvalue weighted by atomic mass is 79.9. The first kappa shape index (κ1) is 12.9. The van der Waals surface area contributed by atoms with Gasteiger partial charge < -0.3 is 9.84 Å². The lowest BCUT2D eigenvalue weighted by molar-refractivity contribution is 0.0405. The second kappa shape index (κ2) is 5.85. The Kier molecular flexibility index (Phi) is 4.42. The van der Waals surface area contributed by atoms with E-state index in [0.717, 1.165) is 42.6 Å². The first-order chi connectivity index (χ1) is 8.16. The summed E-state index contributed by atoms with van der Waals surface area (Å²) in [5.41, 5.74) is 0.966. The average Bonchev–Trinajstić information content (AvgIpc) is 2.35. The quantitative estimate of drug-likeness (QED) is 0.931. The van der Waals surface area contributed by atoms with E-state index in [1.54, 1.807) is 6.07 Å². The van der Waals surface area contributed by atoms with Crippen LogP contribution in [-0.4, -0.2) is 36.3 Å². The molecule has 1 N–H and O–H groups in total. The summed E-state index contributed by atoms with van der Waals surface area (Å²) < 4.78 is 6.36. The van der Waals surface area contributed by atoms with Gasteiger partial charge in [-0.1, -0.05) is 15.9 Å². The third-order valence-electron chi connectivity index (χ3n) is 3.28. The average molecular weight is 300 g/mol. The highest BCUT2D eigenvalue weighted by molar-refractivity contribution is 9.10. The summed E-state index contributed by atoms with van der Waals surface area (Å²) >= 11 is 3.43. The molecular weight excluding hydrogens is 282 g/mol. The smallest absolute Gasteiger partial charge is 0.120 e. The monoisotopic (exact) mass is 299 g/mol. The van der Waals surface area contributed by atoms with E-state index in [-0.39, 0.29) is 0 Å². The van der Waals surface area contributed by atoms with Gasteiger partial charge in [-0.3, -0.25) is 4.90 Å². The lowest BCUT2D eigenvalue weighted by Gasteiger charge is -2.31. The molecular formula is C13H18BrNO2. The van der Waals surface area contributed by atoms with Crippen molar-refractivity contribution < 1.29 is 9.84 Å². The van der Waals surface area contributed by atoms with Gasteiger partial charge in [0.05, 0.1) is 0 Å². The van der Waals surface area contributed by atoms with Crippen molar-refractivity contribution >= 4 is 15.9 Å². The number of nitrogens with zero attached hydrogens (tertiary/aromatic N) is 1. The highest BCUT2D eigenvalue weighted by Gasteiger charge is 2.19. The summed E-state index contributed by atoms with van der Waals surface area (Å²) in [6.45, 7) is 2.47. The molecule has 0 atom stereocenters. The summed E-state index contributed by atoms with van der Waals surface area (Å²) in [4.78, 5) is 2.30. The van der Waals surface area contributed by atoms with Crippen LogP contribution in [0.3, 0.4) is 0 Å². The van der Waals surface area contributed by atoms with Crippen LogP contribution in [0.25, 0.3) is 0 Å². The van der Waals surface area contributed by atoms with Gasteiger partial charge in [-0.05, 0) is 38.1 Å². The van der Waals surface area contributed by atoms with Crippen molar-refractivity contribution in [2.24, 2.45) is 0 Å². The largest absolute Gasteiger partial charge is 0.508 e. The van der Waals surface area contributed by atoms with E-state index in [1.807, 2.05) is 12.1 Å². The van der Waals surface area contributed by atoms with E-state index >= 15 is 0 Å². The number of hydrogen-bond acceptors (Lipinski definition) is 3. The summed E-state index contributed by atoms with van der Waals surface area (Å²) in [6.07, 6.45) is 2.15. The lowest BCUT2D eigenvalue weighted by atomic mass is 10.1. The van der Waals surface area contributed by atoms with Crippen LogP contribution < -0.4 is 0 Å². The van der Waals surface area contributed by atoms with Crippen LogP contribution in [-0.2, 0) is 11.3 Å². The van der Waals surface area contributed by atoms with Gasteiger partial charge in [-0.2, -0.15) is 0 Å². The second-order valence-corrected chi connectivity index (χ2v) is 5.45. The van der Waals surface area contributed by atoms with Gasteiger partial charge in [0.1, 0.15) is 5.75 Å². The van der Waals surface area contributed by atoms with Crippen LogP contribution in [0.15, 0.2) is 22.7 Å². The number of ether oxygens (including phenoxy) is 1. The van der Waals surface area contributed by atoms with Crippen LogP contribution in [0.4, 0.5) is 0 Å². The molecule has 1 heterocycles. The van der Waals surface area contributed by atoms with Crippen molar-refractivity contribution in [2.45, 2.75) is 25.4 Å². The van der Waals surface area contributed by atoms with Crippen molar-refractivity contribution in [3.05, 3.63) is 28.2 Å². The maximum absolute atomic E-state index is 9.81. The van der Waals surface area contributed by atoms with Gasteiger partial charge in [0.2, 0.25) is 0 Å². The molecule has 4 heteroatoms. The van der Waals surface area contributed by atoms with Gasteiger partial charge in [-0.25, -0.2) is 0 Å². The summed E-state index contributed by atoms with van der Waals surface area (Å²) in [5.74, 6) is 0.368. The molecule has 94 valence electrons. The van der Waals surface area contributed by atoms with Crippen molar-refractivity contribution in [3.8, 4) is 5.75 Å². The van der Waals surface area contributed by atoms with E-state index in [0.29, 0.717) is 11.8 Å². The number of phenols is 1. The van der Waals surface area contributed by atoms with E-state index < -0.39 is 0 Å². The highest BCUT2D eigenvalue weighted by Crippen LogP contribution is 2.24. The predicted octanol–water partition coefficient (Wildman–Crippen LogP) is 2.77. The fourth-order valence-corrected chi connectivity index (χ4v) is 2.61. The third-order valence-corrected chi connectivity index (χ3v) is 3.77. The second-order valence-electron chi connectivity index (χ2n) is 4.53. The standard InChI is InChI=1S/C13H18BrNO2/c1-15(12-4-6-17-7-5-12)9-10-8-11(14)2-3-13(10)16/h2-3,8,12,16H,4-7,9H2,1H3. The Labute approximate surface area is 111 Å². The van der Waals surface area contributed by atoms with Crippen molar-refractivity contribution in [2.75, 3.05) is 20.3 Å². The Morgan fingerprint density at radius 1 is 1.41 bits per heavy atom. The van der Waals surface area contributed by atoms with Crippen LogP contribution in [0, 0.1) is 0 Å². The minimum atomic E-state index is 0.368. The first-order valence-electron chi connectivity index (χ1n) is 5.92. The molecule has 0 bridgehead atoms. The van der Waals surface area contributed by atoms with Crippen molar-refractivity contribution in [1.82, 2.24) is 4.90 Å². The molecule has 0 aliphatic carbocycles. The fourth-order valence-electron chi connectivity index (χ4n) is 2.20. The van der Waals surface area contributed by atoms with Gasteiger partial charge in [0, 0.05) is 35.8 Å². The zero-order valence-corrected chi connectivity index (χ0v) is 11.6. The first-order valence-corrected chi connectivity index (χ1v) is 6.71. The van der Waals surface area contributed by atoms with Crippen molar-refractivity contribution in [3.63, 3.8) is 0 Å². The number of rotatable bonds is 3. The van der Waals surface area contributed by atoms with E-state index in [4.69, 9.17) is 4.74 Å². The Hall–Kier alpha value is -0.580. The van der Waals surface area contributed by atoms with E-state index in [1.165, 1.54) is 0 Å². The van der Waals surface area contributed by atoms with Gasteiger partial charge >= 0.3 is 0 Å². The summed E-state index contributed by atoms with van der Waals surface area (Å²) in [7, 11) is 2.11. The topological polar surface area (TPSA) is 32.7 Å². The Morgan fingerprint density at radius 2 is 2.12 bits per heavy atom. The van der Waals surface area contributed by atoms with E-state index in [9.17, 15) is 5.11 Å². The maximum atomic E-state index is 9.81.